The summed E-state index contributed by atoms with van der Waals surface area (Å²) in [4.78, 5) is 2.24. The first-order valence-electron chi connectivity index (χ1n) is 5.82. The van der Waals surface area contributed by atoms with Crippen LogP contribution in [0.15, 0.2) is 0 Å². The van der Waals surface area contributed by atoms with Crippen LogP contribution in [0.1, 0.15) is 40.0 Å². The molecule has 3 heteroatoms. The third kappa shape index (κ3) is 6.57. The molecule has 0 aliphatic rings. The second-order valence-electron chi connectivity index (χ2n) is 4.52. The zero-order valence-electron chi connectivity index (χ0n) is 10.6. The fourth-order valence-electron chi connectivity index (χ4n) is 1.30. The van der Waals surface area contributed by atoms with Gasteiger partial charge in [0.05, 0.1) is 5.60 Å². The first-order valence-corrected chi connectivity index (χ1v) is 7.40. The van der Waals surface area contributed by atoms with E-state index in [9.17, 15) is 0 Å². The Morgan fingerprint density at radius 3 is 2.21 bits per heavy atom. The van der Waals surface area contributed by atoms with Gasteiger partial charge in [-0.15, -0.1) is 0 Å². The highest BCUT2D eigenvalue weighted by Gasteiger charge is 2.18. The van der Waals surface area contributed by atoms with Crippen molar-refractivity contribution in [2.75, 3.05) is 20.6 Å². The van der Waals surface area contributed by atoms with Crippen LogP contribution in [-0.4, -0.2) is 40.9 Å². The van der Waals surface area contributed by atoms with Gasteiger partial charge in [-0.3, -0.25) is 0 Å². The predicted octanol–water partition coefficient (Wildman–Crippen LogP) is 2.04. The van der Waals surface area contributed by atoms with Crippen molar-refractivity contribution < 1.29 is 4.43 Å². The lowest BCUT2D eigenvalue weighted by atomic mass is 10.0. The fraction of sp³-hybridized carbons (Fsp3) is 1.00. The molecule has 2 nitrogen and oxygen atoms in total. The molecule has 0 amide bonds. The average Bonchev–Trinajstić information content (AvgIpc) is 2.16. The maximum Gasteiger partial charge on any atom is 0.162 e. The largest absolute Gasteiger partial charge is 0.419 e. The van der Waals surface area contributed by atoms with E-state index in [2.05, 4.69) is 39.8 Å². The summed E-state index contributed by atoms with van der Waals surface area (Å²) in [5, 5.41) is 0. The molecule has 0 saturated heterocycles. The lowest BCUT2D eigenvalue weighted by molar-refractivity contribution is 0.0849. The Morgan fingerprint density at radius 2 is 1.79 bits per heavy atom. The minimum Gasteiger partial charge on any atom is -0.419 e. The summed E-state index contributed by atoms with van der Waals surface area (Å²) in [7, 11) is 3.97. The molecule has 86 valence electrons. The van der Waals surface area contributed by atoms with Crippen LogP contribution in [0, 0.1) is 0 Å². The highest BCUT2D eigenvalue weighted by atomic mass is 28.2. The van der Waals surface area contributed by atoms with Gasteiger partial charge < -0.3 is 9.33 Å². The molecule has 0 spiro atoms. The molecule has 0 saturated carbocycles. The molecule has 0 rings (SSSR count). The van der Waals surface area contributed by atoms with E-state index in [-0.39, 0.29) is 15.4 Å². The van der Waals surface area contributed by atoms with Gasteiger partial charge in [-0.05, 0) is 52.9 Å². The van der Waals surface area contributed by atoms with E-state index in [4.69, 9.17) is 4.43 Å². The predicted molar refractivity (Wildman–Crippen MR) is 66.6 cm³/mol. The van der Waals surface area contributed by atoms with Crippen LogP contribution < -0.4 is 0 Å². The van der Waals surface area contributed by atoms with Crippen molar-refractivity contribution in [2.45, 2.75) is 51.7 Å². The van der Waals surface area contributed by atoms with Crippen molar-refractivity contribution in [3.05, 3.63) is 0 Å². The topological polar surface area (TPSA) is 12.5 Å². The second-order valence-corrected chi connectivity index (χ2v) is 5.92. The van der Waals surface area contributed by atoms with E-state index in [1.54, 1.807) is 0 Å². The molecule has 0 N–H and O–H groups in total. The molecule has 0 fully saturated rings. The van der Waals surface area contributed by atoms with Gasteiger partial charge >= 0.3 is 0 Å². The summed E-state index contributed by atoms with van der Waals surface area (Å²) in [6, 6.07) is 1.31. The highest BCUT2D eigenvalue weighted by molar-refractivity contribution is 6.27. The molecule has 0 radical (unpaired) electrons. The van der Waals surface area contributed by atoms with Crippen LogP contribution >= 0.6 is 0 Å². The summed E-state index contributed by atoms with van der Waals surface area (Å²) in [5.74, 6) is 0. The van der Waals surface area contributed by atoms with Crippen molar-refractivity contribution in [1.82, 2.24) is 4.90 Å². The lowest BCUT2D eigenvalue weighted by Gasteiger charge is -2.27. The van der Waals surface area contributed by atoms with Crippen molar-refractivity contribution in [3.63, 3.8) is 0 Å². The standard InChI is InChI=1S/C11H27NOSi/c1-6-11(3,7-2)13-14-10-8-9-12(4)5/h6-10,14H2,1-5H3. The van der Waals surface area contributed by atoms with Gasteiger partial charge in [-0.1, -0.05) is 13.8 Å². The van der Waals surface area contributed by atoms with Crippen molar-refractivity contribution in [3.8, 4) is 0 Å². The SMILES string of the molecule is CCC(C)(CC)O[SiH2]CCCN(C)C. The molecule has 0 aliphatic heterocycles. The van der Waals surface area contributed by atoms with E-state index < -0.39 is 0 Å². The van der Waals surface area contributed by atoms with Gasteiger partial charge in [0, 0.05) is 0 Å². The molecular weight excluding hydrogens is 190 g/mol. The highest BCUT2D eigenvalue weighted by Crippen LogP contribution is 2.18. The molecule has 0 aromatic heterocycles. The molecule has 0 bridgehead atoms. The maximum absolute atomic E-state index is 6.03. The molecule has 0 unspecified atom stereocenters. The van der Waals surface area contributed by atoms with Crippen molar-refractivity contribution in [1.29, 1.82) is 0 Å². The number of rotatable bonds is 8. The van der Waals surface area contributed by atoms with E-state index in [0.717, 1.165) is 12.8 Å². The smallest absolute Gasteiger partial charge is 0.162 e. The number of hydrogen-bond acceptors (Lipinski definition) is 2. The Morgan fingerprint density at radius 1 is 1.21 bits per heavy atom. The van der Waals surface area contributed by atoms with Crippen LogP contribution in [-0.2, 0) is 4.43 Å². The zero-order chi connectivity index (χ0) is 11.0. The van der Waals surface area contributed by atoms with Gasteiger partial charge in [0.2, 0.25) is 0 Å². The Labute approximate surface area is 92.0 Å². The molecule has 0 heterocycles. The summed E-state index contributed by atoms with van der Waals surface area (Å²) >= 11 is 0. The first-order chi connectivity index (χ1) is 6.54. The van der Waals surface area contributed by atoms with Crippen molar-refractivity contribution >= 4 is 9.76 Å². The minimum absolute atomic E-state index is 0.171. The summed E-state index contributed by atoms with van der Waals surface area (Å²) in [6.07, 6.45) is 3.58. The maximum atomic E-state index is 6.03. The quantitative estimate of drug-likeness (QED) is 0.456. The molecular formula is C11H27NOSi. The van der Waals surface area contributed by atoms with Crippen molar-refractivity contribution in [2.24, 2.45) is 0 Å². The first kappa shape index (κ1) is 14.1. The second kappa shape index (κ2) is 7.43. The van der Waals surface area contributed by atoms with E-state index in [1.807, 2.05) is 0 Å². The van der Waals surface area contributed by atoms with E-state index >= 15 is 0 Å². The van der Waals surface area contributed by atoms with Crippen LogP contribution in [0.3, 0.4) is 0 Å². The van der Waals surface area contributed by atoms with Crippen LogP contribution in [0.25, 0.3) is 0 Å². The molecule has 0 atom stereocenters. The van der Waals surface area contributed by atoms with Gasteiger partial charge in [-0.25, -0.2) is 0 Å². The summed E-state index contributed by atoms with van der Waals surface area (Å²) in [6.45, 7) is 7.88. The zero-order valence-corrected chi connectivity index (χ0v) is 12.0. The monoisotopic (exact) mass is 217 g/mol. The summed E-state index contributed by atoms with van der Waals surface area (Å²) < 4.78 is 6.03. The van der Waals surface area contributed by atoms with Crippen LogP contribution in [0.4, 0.5) is 0 Å². The third-order valence-corrected chi connectivity index (χ3v) is 4.64. The van der Waals surface area contributed by atoms with Gasteiger partial charge in [0.15, 0.2) is 9.76 Å². The lowest BCUT2D eigenvalue weighted by Crippen LogP contribution is -2.28. The van der Waals surface area contributed by atoms with Gasteiger partial charge in [0.1, 0.15) is 0 Å². The number of hydrogen-bond donors (Lipinski definition) is 0. The Bertz CT molecular complexity index is 135. The molecule has 0 aromatic rings. The fourth-order valence-corrected chi connectivity index (χ4v) is 2.78. The third-order valence-electron chi connectivity index (χ3n) is 2.95. The normalized spacial score (nSPS) is 13.3. The Hall–Kier alpha value is 0.137. The van der Waals surface area contributed by atoms with Crippen LogP contribution in [0.5, 0.6) is 0 Å². The van der Waals surface area contributed by atoms with Gasteiger partial charge in [0.25, 0.3) is 0 Å². The van der Waals surface area contributed by atoms with E-state index in [1.165, 1.54) is 19.0 Å². The molecule has 0 aromatic carbocycles. The Kier molecular flexibility index (Phi) is 7.50. The molecule has 14 heavy (non-hydrogen) atoms. The van der Waals surface area contributed by atoms with Crippen LogP contribution in [0.2, 0.25) is 6.04 Å². The number of nitrogens with zero attached hydrogens (tertiary/aromatic N) is 1. The average molecular weight is 217 g/mol. The Balaban J connectivity index is 3.43. The molecule has 0 aliphatic carbocycles. The van der Waals surface area contributed by atoms with Gasteiger partial charge in [-0.2, -0.15) is 0 Å². The van der Waals surface area contributed by atoms with E-state index in [0.29, 0.717) is 0 Å². The minimum atomic E-state index is -0.284. The summed E-state index contributed by atoms with van der Waals surface area (Å²) in [5.41, 5.74) is 0.171.